The zero-order valence-corrected chi connectivity index (χ0v) is 12.2. The number of hydrogen-bond acceptors (Lipinski definition) is 4. The molecule has 3 atom stereocenters. The van der Waals surface area contributed by atoms with Crippen molar-refractivity contribution < 1.29 is 19.4 Å². The van der Waals surface area contributed by atoms with Crippen LogP contribution >= 0.6 is 11.8 Å². The predicted molar refractivity (Wildman–Crippen MR) is 74.5 cm³/mol. The number of hydrogen-bond donors (Lipinski definition) is 3. The van der Waals surface area contributed by atoms with Crippen LogP contribution in [-0.2, 0) is 9.53 Å². The molecule has 19 heavy (non-hydrogen) atoms. The molecule has 7 heteroatoms. The Hall–Kier alpha value is -0.950. The van der Waals surface area contributed by atoms with E-state index in [0.717, 1.165) is 13.0 Å². The number of thioether (sulfide) groups is 1. The number of ether oxygens (including phenoxy) is 1. The molecule has 0 radical (unpaired) electrons. The lowest BCUT2D eigenvalue weighted by Crippen LogP contribution is -2.50. The fourth-order valence-electron chi connectivity index (χ4n) is 1.96. The minimum Gasteiger partial charge on any atom is -0.480 e. The Kier molecular flexibility index (Phi) is 7.01. The molecule has 0 aromatic carbocycles. The molecule has 6 nitrogen and oxygen atoms in total. The SMILES string of the molecule is CSCC[C@@H](NC(=O)NC(C)C1CCOC1)C(=O)O. The number of rotatable bonds is 7. The van der Waals surface area contributed by atoms with E-state index < -0.39 is 18.0 Å². The Bertz CT molecular complexity index is 308. The number of carbonyl (C=O) groups is 2. The number of urea groups is 1. The molecular weight excluding hydrogens is 268 g/mol. The topological polar surface area (TPSA) is 87.7 Å². The maximum Gasteiger partial charge on any atom is 0.326 e. The lowest BCUT2D eigenvalue weighted by atomic mass is 10.0. The van der Waals surface area contributed by atoms with Crippen molar-refractivity contribution in [2.24, 2.45) is 5.92 Å². The summed E-state index contributed by atoms with van der Waals surface area (Å²) in [5.41, 5.74) is 0. The summed E-state index contributed by atoms with van der Waals surface area (Å²) in [6, 6.07) is -1.27. The summed E-state index contributed by atoms with van der Waals surface area (Å²) >= 11 is 1.56. The second kappa shape index (κ2) is 8.27. The highest BCUT2D eigenvalue weighted by atomic mass is 32.2. The number of amides is 2. The third-order valence-electron chi connectivity index (χ3n) is 3.24. The van der Waals surface area contributed by atoms with Gasteiger partial charge in [0.15, 0.2) is 0 Å². The molecule has 3 N–H and O–H groups in total. The van der Waals surface area contributed by atoms with E-state index in [-0.39, 0.29) is 6.04 Å². The van der Waals surface area contributed by atoms with Crippen molar-refractivity contribution in [3.05, 3.63) is 0 Å². The fourth-order valence-corrected chi connectivity index (χ4v) is 2.44. The van der Waals surface area contributed by atoms with Gasteiger partial charge in [-0.25, -0.2) is 9.59 Å². The van der Waals surface area contributed by atoms with E-state index in [1.807, 2.05) is 13.2 Å². The van der Waals surface area contributed by atoms with Crippen LogP contribution in [-0.4, -0.2) is 54.4 Å². The summed E-state index contributed by atoms with van der Waals surface area (Å²) in [4.78, 5) is 22.8. The molecule has 0 bridgehead atoms. The second-order valence-electron chi connectivity index (χ2n) is 4.70. The van der Waals surface area contributed by atoms with Gasteiger partial charge in [-0.15, -0.1) is 0 Å². The summed E-state index contributed by atoms with van der Waals surface area (Å²) in [6.07, 6.45) is 3.25. The molecule has 0 spiro atoms. The van der Waals surface area contributed by atoms with E-state index in [2.05, 4.69) is 10.6 Å². The van der Waals surface area contributed by atoms with Crippen molar-refractivity contribution in [2.45, 2.75) is 31.8 Å². The Balaban J connectivity index is 2.36. The Morgan fingerprint density at radius 1 is 1.47 bits per heavy atom. The van der Waals surface area contributed by atoms with Gasteiger partial charge in [-0.05, 0) is 31.8 Å². The second-order valence-corrected chi connectivity index (χ2v) is 5.69. The highest BCUT2D eigenvalue weighted by Gasteiger charge is 2.25. The summed E-state index contributed by atoms with van der Waals surface area (Å²) in [5, 5.41) is 14.3. The predicted octanol–water partition coefficient (Wildman–Crippen LogP) is 0.917. The average molecular weight is 290 g/mol. The molecule has 1 fully saturated rings. The first kappa shape index (κ1) is 16.1. The normalized spacial score (nSPS) is 21.7. The summed E-state index contributed by atoms with van der Waals surface area (Å²) < 4.78 is 5.26. The zero-order chi connectivity index (χ0) is 14.3. The first-order chi connectivity index (χ1) is 9.04. The molecule has 1 saturated heterocycles. The summed E-state index contributed by atoms with van der Waals surface area (Å²) in [7, 11) is 0. The number of carboxylic acids is 1. The molecular formula is C12H22N2O4S. The van der Waals surface area contributed by atoms with Crippen LogP contribution in [0.5, 0.6) is 0 Å². The first-order valence-electron chi connectivity index (χ1n) is 6.41. The van der Waals surface area contributed by atoms with E-state index in [1.165, 1.54) is 0 Å². The molecule has 0 aromatic heterocycles. The van der Waals surface area contributed by atoms with Gasteiger partial charge in [0.25, 0.3) is 0 Å². The molecule has 2 unspecified atom stereocenters. The zero-order valence-electron chi connectivity index (χ0n) is 11.3. The van der Waals surface area contributed by atoms with Gasteiger partial charge in [-0.2, -0.15) is 11.8 Å². The third-order valence-corrected chi connectivity index (χ3v) is 3.89. The Morgan fingerprint density at radius 2 is 2.21 bits per heavy atom. The van der Waals surface area contributed by atoms with Crippen LogP contribution in [0.15, 0.2) is 0 Å². The fraction of sp³-hybridized carbons (Fsp3) is 0.833. The van der Waals surface area contributed by atoms with Crippen LogP contribution < -0.4 is 10.6 Å². The molecule has 0 saturated carbocycles. The summed E-state index contributed by atoms with van der Waals surface area (Å²) in [5.74, 6) is 0.00442. The van der Waals surface area contributed by atoms with Gasteiger partial charge in [-0.3, -0.25) is 0 Å². The van der Waals surface area contributed by atoms with E-state index in [0.29, 0.717) is 24.7 Å². The van der Waals surface area contributed by atoms with Gasteiger partial charge in [0.05, 0.1) is 6.61 Å². The highest BCUT2D eigenvalue weighted by molar-refractivity contribution is 7.98. The van der Waals surface area contributed by atoms with Crippen molar-refractivity contribution in [1.82, 2.24) is 10.6 Å². The lowest BCUT2D eigenvalue weighted by Gasteiger charge is -2.21. The van der Waals surface area contributed by atoms with Crippen LogP contribution in [0, 0.1) is 5.92 Å². The van der Waals surface area contributed by atoms with E-state index in [4.69, 9.17) is 9.84 Å². The minimum atomic E-state index is -0.999. The Labute approximate surface area is 117 Å². The number of aliphatic carboxylic acids is 1. The largest absolute Gasteiger partial charge is 0.480 e. The number of carbonyl (C=O) groups excluding carboxylic acids is 1. The van der Waals surface area contributed by atoms with Gasteiger partial charge >= 0.3 is 12.0 Å². The van der Waals surface area contributed by atoms with Crippen LogP contribution in [0.2, 0.25) is 0 Å². The maximum absolute atomic E-state index is 11.8. The van der Waals surface area contributed by atoms with Gasteiger partial charge in [0.1, 0.15) is 6.04 Å². The van der Waals surface area contributed by atoms with Crippen molar-refractivity contribution in [1.29, 1.82) is 0 Å². The number of nitrogens with one attached hydrogen (secondary N) is 2. The molecule has 110 valence electrons. The van der Waals surface area contributed by atoms with Crippen molar-refractivity contribution in [3.63, 3.8) is 0 Å². The monoisotopic (exact) mass is 290 g/mol. The smallest absolute Gasteiger partial charge is 0.326 e. The lowest BCUT2D eigenvalue weighted by molar-refractivity contribution is -0.139. The van der Waals surface area contributed by atoms with Gasteiger partial charge in [0, 0.05) is 18.6 Å². The molecule has 1 heterocycles. The Morgan fingerprint density at radius 3 is 2.74 bits per heavy atom. The van der Waals surface area contributed by atoms with Crippen molar-refractivity contribution in [3.8, 4) is 0 Å². The number of carboxylic acid groups (broad SMARTS) is 1. The van der Waals surface area contributed by atoms with Crippen molar-refractivity contribution in [2.75, 3.05) is 25.2 Å². The van der Waals surface area contributed by atoms with Crippen LogP contribution in [0.1, 0.15) is 19.8 Å². The highest BCUT2D eigenvalue weighted by Crippen LogP contribution is 2.16. The minimum absolute atomic E-state index is 0.0162. The van der Waals surface area contributed by atoms with Gasteiger partial charge in [0.2, 0.25) is 0 Å². The van der Waals surface area contributed by atoms with Crippen LogP contribution in [0.3, 0.4) is 0 Å². The van der Waals surface area contributed by atoms with E-state index in [1.54, 1.807) is 11.8 Å². The molecule has 0 aromatic rings. The van der Waals surface area contributed by atoms with E-state index in [9.17, 15) is 9.59 Å². The van der Waals surface area contributed by atoms with Crippen molar-refractivity contribution >= 4 is 23.8 Å². The van der Waals surface area contributed by atoms with E-state index >= 15 is 0 Å². The first-order valence-corrected chi connectivity index (χ1v) is 7.80. The summed E-state index contributed by atoms with van der Waals surface area (Å²) in [6.45, 7) is 3.29. The van der Waals surface area contributed by atoms with Crippen LogP contribution in [0.4, 0.5) is 4.79 Å². The quantitative estimate of drug-likeness (QED) is 0.649. The van der Waals surface area contributed by atoms with Crippen LogP contribution in [0.25, 0.3) is 0 Å². The standard InChI is InChI=1S/C12H22N2O4S/c1-8(9-3-5-18-7-9)13-12(17)14-10(11(15)16)4-6-19-2/h8-10H,3-7H2,1-2H3,(H,15,16)(H2,13,14,17)/t8?,9?,10-/m1/s1. The molecule has 1 aliphatic heterocycles. The average Bonchev–Trinajstić information content (AvgIpc) is 2.87. The molecule has 1 rings (SSSR count). The third kappa shape index (κ3) is 5.69. The molecule has 2 amide bonds. The van der Waals surface area contributed by atoms with Gasteiger partial charge < -0.3 is 20.5 Å². The molecule has 0 aliphatic carbocycles. The molecule has 1 aliphatic rings. The van der Waals surface area contributed by atoms with Gasteiger partial charge in [-0.1, -0.05) is 0 Å². The maximum atomic E-state index is 11.8.